The number of nitrogens with zero attached hydrogens (tertiary/aromatic N) is 2. The van der Waals surface area contributed by atoms with Crippen molar-refractivity contribution in [2.75, 3.05) is 6.54 Å². The fraction of sp³-hybridized carbons (Fsp3) is 0.308. The van der Waals surface area contributed by atoms with Gasteiger partial charge in [0.15, 0.2) is 0 Å². The second-order valence-electron chi connectivity index (χ2n) is 3.97. The predicted octanol–water partition coefficient (Wildman–Crippen LogP) is 1.50. The van der Waals surface area contributed by atoms with Crippen molar-refractivity contribution in [3.8, 4) is 5.75 Å². The second-order valence-corrected chi connectivity index (χ2v) is 3.97. The number of imidazole rings is 1. The first-order chi connectivity index (χ1) is 8.29. The van der Waals surface area contributed by atoms with Gasteiger partial charge in [-0.1, -0.05) is 12.1 Å². The number of aryl methyl sites for hydroxylation is 1. The van der Waals surface area contributed by atoms with Gasteiger partial charge in [-0.15, -0.1) is 0 Å². The molecule has 4 nitrogen and oxygen atoms in total. The quantitative estimate of drug-likeness (QED) is 0.848. The van der Waals surface area contributed by atoms with Crippen molar-refractivity contribution in [3.05, 3.63) is 48.0 Å². The van der Waals surface area contributed by atoms with Crippen molar-refractivity contribution in [1.29, 1.82) is 0 Å². The minimum atomic E-state index is 0.534. The molecule has 2 rings (SSSR count). The molecule has 0 amide bonds. The van der Waals surface area contributed by atoms with Gasteiger partial charge in [0.2, 0.25) is 0 Å². The summed E-state index contributed by atoms with van der Waals surface area (Å²) >= 11 is 0. The van der Waals surface area contributed by atoms with Crippen molar-refractivity contribution in [2.24, 2.45) is 12.8 Å². The zero-order valence-corrected chi connectivity index (χ0v) is 9.97. The van der Waals surface area contributed by atoms with E-state index < -0.39 is 0 Å². The van der Waals surface area contributed by atoms with Crippen LogP contribution in [0.5, 0.6) is 5.75 Å². The molecule has 0 bridgehead atoms. The zero-order chi connectivity index (χ0) is 12.1. The minimum Gasteiger partial charge on any atom is -0.487 e. The summed E-state index contributed by atoms with van der Waals surface area (Å²) in [6.07, 6.45) is 4.48. The molecule has 1 aromatic carbocycles. The lowest BCUT2D eigenvalue weighted by molar-refractivity contribution is 0.297. The van der Waals surface area contributed by atoms with Gasteiger partial charge < -0.3 is 15.0 Å². The van der Waals surface area contributed by atoms with Gasteiger partial charge in [-0.2, -0.15) is 0 Å². The highest BCUT2D eigenvalue weighted by Gasteiger charge is 2.00. The predicted molar refractivity (Wildman–Crippen MR) is 66.7 cm³/mol. The fourth-order valence-corrected chi connectivity index (χ4v) is 1.60. The Morgan fingerprint density at radius 2 is 2.06 bits per heavy atom. The van der Waals surface area contributed by atoms with Crippen molar-refractivity contribution in [1.82, 2.24) is 9.55 Å². The maximum absolute atomic E-state index is 5.67. The van der Waals surface area contributed by atoms with Crippen molar-refractivity contribution in [3.63, 3.8) is 0 Å². The number of hydrogen-bond donors (Lipinski definition) is 1. The molecule has 0 radical (unpaired) electrons. The van der Waals surface area contributed by atoms with E-state index in [0.29, 0.717) is 13.2 Å². The molecular formula is C13H17N3O. The molecule has 2 aromatic rings. The number of ether oxygens (including phenoxy) is 1. The lowest BCUT2D eigenvalue weighted by Crippen LogP contribution is -2.03. The Balaban J connectivity index is 1.93. The van der Waals surface area contributed by atoms with Gasteiger partial charge in [0, 0.05) is 7.05 Å². The van der Waals surface area contributed by atoms with Crippen LogP contribution in [0.4, 0.5) is 0 Å². The zero-order valence-electron chi connectivity index (χ0n) is 9.97. The molecule has 0 saturated carbocycles. The molecule has 0 spiro atoms. The first kappa shape index (κ1) is 11.7. The van der Waals surface area contributed by atoms with Crippen LogP contribution in [-0.4, -0.2) is 16.1 Å². The molecule has 90 valence electrons. The summed E-state index contributed by atoms with van der Waals surface area (Å²) in [5.41, 5.74) is 7.79. The molecule has 1 aromatic heterocycles. The third-order valence-electron chi connectivity index (χ3n) is 2.66. The summed E-state index contributed by atoms with van der Waals surface area (Å²) in [5, 5.41) is 0. The number of rotatable bonds is 5. The number of hydrogen-bond acceptors (Lipinski definition) is 3. The van der Waals surface area contributed by atoms with E-state index >= 15 is 0 Å². The van der Waals surface area contributed by atoms with E-state index in [1.807, 2.05) is 42.1 Å². The summed E-state index contributed by atoms with van der Waals surface area (Å²) in [6, 6.07) is 8.04. The average molecular weight is 231 g/mol. The second kappa shape index (κ2) is 5.50. The van der Waals surface area contributed by atoms with E-state index in [1.54, 1.807) is 6.33 Å². The Kier molecular flexibility index (Phi) is 3.77. The van der Waals surface area contributed by atoms with Crippen LogP contribution >= 0.6 is 0 Å². The van der Waals surface area contributed by atoms with Gasteiger partial charge in [-0.05, 0) is 30.7 Å². The van der Waals surface area contributed by atoms with E-state index in [2.05, 4.69) is 4.98 Å². The van der Waals surface area contributed by atoms with Crippen LogP contribution in [0.3, 0.4) is 0 Å². The molecule has 17 heavy (non-hydrogen) atoms. The Bertz CT molecular complexity index is 462. The third-order valence-corrected chi connectivity index (χ3v) is 2.66. The summed E-state index contributed by atoms with van der Waals surface area (Å²) in [5.74, 6) is 0.868. The molecule has 0 saturated heterocycles. The fourth-order valence-electron chi connectivity index (χ4n) is 1.60. The van der Waals surface area contributed by atoms with Gasteiger partial charge in [0.1, 0.15) is 12.4 Å². The Hall–Kier alpha value is -1.81. The number of aromatic nitrogens is 2. The van der Waals surface area contributed by atoms with E-state index in [4.69, 9.17) is 10.5 Å². The first-order valence-corrected chi connectivity index (χ1v) is 5.66. The molecule has 1 heterocycles. The van der Waals surface area contributed by atoms with E-state index in [0.717, 1.165) is 17.9 Å². The Morgan fingerprint density at radius 1 is 1.29 bits per heavy atom. The molecule has 0 aliphatic rings. The molecule has 0 aliphatic heterocycles. The van der Waals surface area contributed by atoms with Gasteiger partial charge in [0.25, 0.3) is 0 Å². The molecule has 0 unspecified atom stereocenters. The van der Waals surface area contributed by atoms with Crippen LogP contribution in [0.2, 0.25) is 0 Å². The van der Waals surface area contributed by atoms with E-state index in [-0.39, 0.29) is 0 Å². The molecule has 4 heteroatoms. The van der Waals surface area contributed by atoms with Crippen molar-refractivity contribution >= 4 is 0 Å². The van der Waals surface area contributed by atoms with Gasteiger partial charge >= 0.3 is 0 Å². The van der Waals surface area contributed by atoms with Crippen LogP contribution < -0.4 is 10.5 Å². The normalized spacial score (nSPS) is 10.5. The largest absolute Gasteiger partial charge is 0.487 e. The summed E-state index contributed by atoms with van der Waals surface area (Å²) in [4.78, 5) is 4.04. The molecular weight excluding hydrogens is 214 g/mol. The maximum Gasteiger partial charge on any atom is 0.130 e. The molecule has 0 fully saturated rings. The highest BCUT2D eigenvalue weighted by Crippen LogP contribution is 2.14. The van der Waals surface area contributed by atoms with Crippen LogP contribution in [0.1, 0.15) is 11.3 Å². The topological polar surface area (TPSA) is 53.1 Å². The Morgan fingerprint density at radius 3 is 2.65 bits per heavy atom. The summed E-state index contributed by atoms with van der Waals surface area (Å²) in [7, 11) is 1.95. The lowest BCUT2D eigenvalue weighted by atomic mass is 10.1. The highest BCUT2D eigenvalue weighted by atomic mass is 16.5. The molecule has 0 aliphatic carbocycles. The van der Waals surface area contributed by atoms with Gasteiger partial charge in [-0.3, -0.25) is 0 Å². The van der Waals surface area contributed by atoms with Crippen LogP contribution in [0.25, 0.3) is 0 Å². The van der Waals surface area contributed by atoms with E-state index in [9.17, 15) is 0 Å². The summed E-state index contributed by atoms with van der Waals surface area (Å²) in [6.45, 7) is 1.21. The molecule has 0 atom stereocenters. The summed E-state index contributed by atoms with van der Waals surface area (Å²) < 4.78 is 7.62. The van der Waals surface area contributed by atoms with Crippen molar-refractivity contribution in [2.45, 2.75) is 13.0 Å². The van der Waals surface area contributed by atoms with E-state index in [1.165, 1.54) is 5.56 Å². The maximum atomic E-state index is 5.67. The smallest absolute Gasteiger partial charge is 0.130 e. The monoisotopic (exact) mass is 231 g/mol. The third kappa shape index (κ3) is 3.07. The number of benzene rings is 1. The highest BCUT2D eigenvalue weighted by molar-refractivity contribution is 5.27. The number of nitrogens with two attached hydrogens (primary N) is 1. The Labute approximate surface area is 101 Å². The average Bonchev–Trinajstić information content (AvgIpc) is 2.75. The van der Waals surface area contributed by atoms with Gasteiger partial charge in [-0.25, -0.2) is 4.98 Å². The van der Waals surface area contributed by atoms with Crippen LogP contribution in [0, 0.1) is 0 Å². The van der Waals surface area contributed by atoms with Crippen LogP contribution in [0.15, 0.2) is 36.8 Å². The standard InChI is InChI=1S/C13H17N3O/c1-16-10-15-8-12(16)9-17-13-4-2-11(3-5-13)6-7-14/h2-5,8,10H,6-7,9,14H2,1H3. The van der Waals surface area contributed by atoms with Crippen molar-refractivity contribution < 1.29 is 4.74 Å². The van der Waals surface area contributed by atoms with Crippen LogP contribution in [-0.2, 0) is 20.1 Å². The van der Waals surface area contributed by atoms with Gasteiger partial charge in [0.05, 0.1) is 18.2 Å². The first-order valence-electron chi connectivity index (χ1n) is 5.66. The lowest BCUT2D eigenvalue weighted by Gasteiger charge is -2.07. The minimum absolute atomic E-state index is 0.534. The molecule has 2 N–H and O–H groups in total. The SMILES string of the molecule is Cn1cncc1COc1ccc(CCN)cc1.